The molecule has 0 bridgehead atoms. The molecule has 0 N–H and O–H groups in total. The van der Waals surface area contributed by atoms with Gasteiger partial charge in [0.05, 0.1) is 11.1 Å². The van der Waals surface area contributed by atoms with Gasteiger partial charge in [0.15, 0.2) is 0 Å². The summed E-state index contributed by atoms with van der Waals surface area (Å²) in [4.78, 5) is 11.9. The van der Waals surface area contributed by atoms with Crippen molar-refractivity contribution < 1.29 is 34.2 Å². The monoisotopic (exact) mass is 957 g/mol. The maximum absolute atomic E-state index is 13.5. The standard InChI is InChI=1S/C51H37F3N4.Pt/c1-50(2,3)39-25-26-55-46(31-39)37-27-36(34-13-6-4-7-14-34)29-43(30-37)57(40-16-8-5-9-17-40)42-18-12-15-35(28-42)47-32-49-45(33-56-47)44-19-10-11-20-48(44)58(49)41-23-21-38(22-24-41)51(52,53)54;/h4-27,29,31-33H,1-3H3;/q-2;+2. The summed E-state index contributed by atoms with van der Waals surface area (Å²) in [6.45, 7) is 6.59. The van der Waals surface area contributed by atoms with E-state index in [4.69, 9.17) is 9.97 Å². The third kappa shape index (κ3) is 7.83. The fourth-order valence-electron chi connectivity index (χ4n) is 7.46. The Labute approximate surface area is 355 Å². The van der Waals surface area contributed by atoms with Crippen molar-refractivity contribution in [1.29, 1.82) is 0 Å². The van der Waals surface area contributed by atoms with Crippen molar-refractivity contribution in [3.63, 3.8) is 0 Å². The Hall–Kier alpha value is -6.30. The second-order valence-electron chi connectivity index (χ2n) is 15.3. The summed E-state index contributed by atoms with van der Waals surface area (Å²) in [7, 11) is 0. The number of halogens is 3. The van der Waals surface area contributed by atoms with Gasteiger partial charge >= 0.3 is 27.2 Å². The van der Waals surface area contributed by atoms with Gasteiger partial charge in [-0.25, -0.2) is 0 Å². The van der Waals surface area contributed by atoms with Crippen LogP contribution in [-0.4, -0.2) is 14.5 Å². The molecule has 59 heavy (non-hydrogen) atoms. The van der Waals surface area contributed by atoms with Gasteiger partial charge in [-0.2, -0.15) is 13.2 Å². The molecule has 0 fully saturated rings. The molecule has 0 unspecified atom stereocenters. The molecule has 292 valence electrons. The Balaban J connectivity index is 0.00000484. The van der Waals surface area contributed by atoms with E-state index < -0.39 is 11.7 Å². The molecular weight excluding hydrogens is 921 g/mol. The molecular formula is C51H37F3N4Pt. The minimum Gasteiger partial charge on any atom is -0.346 e. The third-order valence-corrected chi connectivity index (χ3v) is 10.4. The number of benzene rings is 6. The first-order chi connectivity index (χ1) is 28.0. The molecule has 0 radical (unpaired) electrons. The number of anilines is 3. The number of alkyl halides is 3. The normalized spacial score (nSPS) is 11.8. The summed E-state index contributed by atoms with van der Waals surface area (Å²) in [5, 5.41) is 1.85. The Morgan fingerprint density at radius 3 is 1.95 bits per heavy atom. The molecule has 0 aliphatic rings. The molecule has 0 amide bonds. The van der Waals surface area contributed by atoms with Gasteiger partial charge < -0.3 is 19.4 Å². The molecule has 4 nitrogen and oxygen atoms in total. The molecule has 0 aliphatic heterocycles. The van der Waals surface area contributed by atoms with Gasteiger partial charge in [0.2, 0.25) is 0 Å². The van der Waals surface area contributed by atoms with E-state index >= 15 is 0 Å². The molecule has 0 saturated heterocycles. The van der Waals surface area contributed by atoms with Crippen molar-refractivity contribution in [2.75, 3.05) is 4.90 Å². The maximum Gasteiger partial charge on any atom is 2.00 e. The number of pyridine rings is 2. The summed E-state index contributed by atoms with van der Waals surface area (Å²) in [5.41, 5.74) is 10.5. The molecule has 8 heteroatoms. The molecule has 0 spiro atoms. The Bertz CT molecular complexity index is 2920. The van der Waals surface area contributed by atoms with E-state index in [0.29, 0.717) is 11.4 Å². The van der Waals surface area contributed by atoms with E-state index in [9.17, 15) is 13.2 Å². The predicted octanol–water partition coefficient (Wildman–Crippen LogP) is 14.0. The smallest absolute Gasteiger partial charge is 0.346 e. The van der Waals surface area contributed by atoms with Gasteiger partial charge in [-0.05, 0) is 87.8 Å². The fourth-order valence-corrected chi connectivity index (χ4v) is 7.46. The first-order valence-electron chi connectivity index (χ1n) is 19.1. The van der Waals surface area contributed by atoms with Crippen LogP contribution < -0.4 is 4.90 Å². The average molecular weight is 958 g/mol. The van der Waals surface area contributed by atoms with E-state index in [2.05, 4.69) is 86.3 Å². The van der Waals surface area contributed by atoms with Crippen LogP contribution in [-0.2, 0) is 32.7 Å². The van der Waals surface area contributed by atoms with Crippen molar-refractivity contribution in [3.8, 4) is 39.3 Å². The maximum atomic E-state index is 13.5. The quantitative estimate of drug-likeness (QED) is 0.149. The molecule has 0 saturated carbocycles. The summed E-state index contributed by atoms with van der Waals surface area (Å²) in [6, 6.07) is 57.5. The van der Waals surface area contributed by atoms with Gasteiger partial charge in [-0.15, -0.1) is 53.6 Å². The van der Waals surface area contributed by atoms with Crippen molar-refractivity contribution in [2.45, 2.75) is 32.4 Å². The number of para-hydroxylation sites is 2. The van der Waals surface area contributed by atoms with E-state index in [1.807, 2.05) is 102 Å². The average Bonchev–Trinajstić information content (AvgIpc) is 3.58. The SMILES string of the molecule is CC(C)(C)c1ccnc(-c2[c-]c(N(c3[c-]c(-c4cc5c(cn4)c4ccccc4n5-c4ccc(C(F)(F)F)cc4)ccc3)c3ccccc3)cc(-c3ccccc3)c2)c1.[Pt+2]. The third-order valence-electron chi connectivity index (χ3n) is 10.4. The number of rotatable bonds is 7. The van der Waals surface area contributed by atoms with Crippen molar-refractivity contribution >= 4 is 38.9 Å². The molecule has 9 rings (SSSR count). The van der Waals surface area contributed by atoms with Gasteiger partial charge in [0.1, 0.15) is 0 Å². The largest absolute Gasteiger partial charge is 2.00 e. The van der Waals surface area contributed by atoms with Crippen LogP contribution in [0.15, 0.2) is 170 Å². The van der Waals surface area contributed by atoms with E-state index in [-0.39, 0.29) is 26.5 Å². The van der Waals surface area contributed by atoms with Crippen LogP contribution in [0, 0.1) is 12.1 Å². The minimum absolute atomic E-state index is 0. The minimum atomic E-state index is -4.43. The Kier molecular flexibility index (Phi) is 10.6. The molecule has 6 aromatic carbocycles. The second-order valence-corrected chi connectivity index (χ2v) is 15.3. The molecule has 0 aliphatic carbocycles. The zero-order chi connectivity index (χ0) is 40.0. The first kappa shape index (κ1) is 39.5. The zero-order valence-corrected chi connectivity index (χ0v) is 34.7. The van der Waals surface area contributed by atoms with Gasteiger partial charge in [0, 0.05) is 40.1 Å². The second kappa shape index (κ2) is 15.8. The topological polar surface area (TPSA) is 34.0 Å². The Morgan fingerprint density at radius 2 is 1.22 bits per heavy atom. The van der Waals surface area contributed by atoms with Crippen LogP contribution >= 0.6 is 0 Å². The number of nitrogens with zero attached hydrogens (tertiary/aromatic N) is 4. The van der Waals surface area contributed by atoms with Crippen LogP contribution in [0.2, 0.25) is 0 Å². The van der Waals surface area contributed by atoms with Crippen LogP contribution in [0.5, 0.6) is 0 Å². The van der Waals surface area contributed by atoms with Gasteiger partial charge in [0.25, 0.3) is 0 Å². The first-order valence-corrected chi connectivity index (χ1v) is 19.1. The zero-order valence-electron chi connectivity index (χ0n) is 32.4. The molecule has 9 aromatic rings. The summed E-state index contributed by atoms with van der Waals surface area (Å²) in [5.74, 6) is 0. The van der Waals surface area contributed by atoms with Crippen LogP contribution in [0.1, 0.15) is 31.9 Å². The summed E-state index contributed by atoms with van der Waals surface area (Å²) < 4.78 is 42.6. The van der Waals surface area contributed by atoms with Gasteiger partial charge in [-0.3, -0.25) is 0 Å². The van der Waals surface area contributed by atoms with Crippen LogP contribution in [0.4, 0.5) is 30.2 Å². The van der Waals surface area contributed by atoms with Crippen molar-refractivity contribution in [2.24, 2.45) is 0 Å². The number of hydrogen-bond donors (Lipinski definition) is 0. The predicted molar refractivity (Wildman–Crippen MR) is 229 cm³/mol. The van der Waals surface area contributed by atoms with E-state index in [1.54, 1.807) is 0 Å². The Morgan fingerprint density at radius 1 is 0.542 bits per heavy atom. The summed E-state index contributed by atoms with van der Waals surface area (Å²) >= 11 is 0. The summed E-state index contributed by atoms with van der Waals surface area (Å²) in [6.07, 6.45) is -0.724. The van der Waals surface area contributed by atoms with Crippen molar-refractivity contribution in [1.82, 2.24) is 14.5 Å². The number of fused-ring (bicyclic) bond motifs is 3. The number of aromatic nitrogens is 3. The molecule has 0 atom stereocenters. The van der Waals surface area contributed by atoms with Crippen LogP contribution in [0.25, 0.3) is 61.1 Å². The molecule has 3 heterocycles. The van der Waals surface area contributed by atoms with Crippen molar-refractivity contribution in [3.05, 3.63) is 193 Å². The molecule has 3 aromatic heterocycles. The van der Waals surface area contributed by atoms with E-state index in [0.717, 1.165) is 78.9 Å². The van der Waals surface area contributed by atoms with Crippen LogP contribution in [0.3, 0.4) is 0 Å². The van der Waals surface area contributed by atoms with Gasteiger partial charge in [-0.1, -0.05) is 105 Å². The van der Waals surface area contributed by atoms with E-state index in [1.165, 1.54) is 17.7 Å². The number of hydrogen-bond acceptors (Lipinski definition) is 3. The fraction of sp³-hybridized carbons (Fsp3) is 0.0980.